The Morgan fingerprint density at radius 1 is 1.39 bits per heavy atom. The van der Waals surface area contributed by atoms with E-state index in [4.69, 9.17) is 28.5 Å². The molecule has 0 saturated carbocycles. The van der Waals surface area contributed by atoms with Gasteiger partial charge in [-0.05, 0) is 17.7 Å². The summed E-state index contributed by atoms with van der Waals surface area (Å²) in [5.41, 5.74) is 0.948. The average Bonchev–Trinajstić information content (AvgIpc) is 2.40. The summed E-state index contributed by atoms with van der Waals surface area (Å²) in [4.78, 5) is 15.6. The molecule has 0 saturated heterocycles. The molecule has 2 rings (SSSR count). The predicted molar refractivity (Wildman–Crippen MR) is 68.8 cm³/mol. The van der Waals surface area contributed by atoms with Crippen molar-refractivity contribution >= 4 is 23.2 Å². The number of rotatable bonds is 2. The fourth-order valence-electron chi connectivity index (χ4n) is 1.49. The number of nitrogens with zero attached hydrogens (tertiary/aromatic N) is 3. The molecule has 1 aromatic heterocycles. The highest BCUT2D eigenvalue weighted by molar-refractivity contribution is 6.40. The molecule has 0 aliphatic heterocycles. The van der Waals surface area contributed by atoms with E-state index in [1.54, 1.807) is 18.2 Å². The summed E-state index contributed by atoms with van der Waals surface area (Å²) in [6.07, 6.45) is 1.33. The van der Waals surface area contributed by atoms with E-state index in [9.17, 15) is 4.79 Å². The van der Waals surface area contributed by atoms with Crippen molar-refractivity contribution in [3.05, 3.63) is 62.2 Å². The van der Waals surface area contributed by atoms with Crippen LogP contribution in [0.3, 0.4) is 0 Å². The second kappa shape index (κ2) is 5.21. The molecule has 18 heavy (non-hydrogen) atoms. The lowest BCUT2D eigenvalue weighted by atomic mass is 10.1. The third-order valence-electron chi connectivity index (χ3n) is 2.35. The van der Waals surface area contributed by atoms with Gasteiger partial charge in [-0.2, -0.15) is 5.26 Å². The molecule has 0 amide bonds. The van der Waals surface area contributed by atoms with Gasteiger partial charge in [-0.15, -0.1) is 0 Å². The maximum absolute atomic E-state index is 11.8. The largest absolute Gasteiger partial charge is 0.293 e. The van der Waals surface area contributed by atoms with Crippen LogP contribution in [-0.4, -0.2) is 9.55 Å². The van der Waals surface area contributed by atoms with Crippen molar-refractivity contribution in [2.75, 3.05) is 0 Å². The van der Waals surface area contributed by atoms with Gasteiger partial charge < -0.3 is 0 Å². The van der Waals surface area contributed by atoms with Crippen LogP contribution in [0.4, 0.5) is 0 Å². The minimum atomic E-state index is -0.404. The molecule has 0 aliphatic carbocycles. The van der Waals surface area contributed by atoms with Crippen molar-refractivity contribution in [2.24, 2.45) is 0 Å². The van der Waals surface area contributed by atoms with Gasteiger partial charge in [-0.25, -0.2) is 4.98 Å². The van der Waals surface area contributed by atoms with E-state index in [1.165, 1.54) is 10.9 Å². The highest BCUT2D eigenvalue weighted by atomic mass is 35.5. The van der Waals surface area contributed by atoms with Crippen LogP contribution in [0.15, 0.2) is 35.4 Å². The quantitative estimate of drug-likeness (QED) is 0.794. The highest BCUT2D eigenvalue weighted by Gasteiger charge is 2.07. The van der Waals surface area contributed by atoms with Crippen LogP contribution in [0.1, 0.15) is 11.1 Å². The SMILES string of the molecule is N#Cc1cccc(Cn2cnc(Cl)c(Cl)c2=O)c1. The monoisotopic (exact) mass is 279 g/mol. The molecule has 0 fully saturated rings. The number of aromatic nitrogens is 2. The van der Waals surface area contributed by atoms with Gasteiger partial charge in [0.25, 0.3) is 5.56 Å². The molecule has 0 radical (unpaired) electrons. The summed E-state index contributed by atoms with van der Waals surface area (Å²) in [6.45, 7) is 0.290. The molecule has 4 nitrogen and oxygen atoms in total. The molecule has 0 aliphatic rings. The number of hydrogen-bond acceptors (Lipinski definition) is 3. The Hall–Kier alpha value is -1.83. The normalized spacial score (nSPS) is 10.1. The van der Waals surface area contributed by atoms with E-state index >= 15 is 0 Å². The maximum Gasteiger partial charge on any atom is 0.273 e. The lowest BCUT2D eigenvalue weighted by molar-refractivity contribution is 0.736. The summed E-state index contributed by atoms with van der Waals surface area (Å²) < 4.78 is 1.34. The summed E-state index contributed by atoms with van der Waals surface area (Å²) in [5, 5.41) is 8.68. The van der Waals surface area contributed by atoms with Crippen LogP contribution in [0.5, 0.6) is 0 Å². The lowest BCUT2D eigenvalue weighted by Gasteiger charge is -2.06. The second-order valence-corrected chi connectivity index (χ2v) is 4.33. The van der Waals surface area contributed by atoms with E-state index in [1.807, 2.05) is 12.1 Å². The van der Waals surface area contributed by atoms with Crippen molar-refractivity contribution in [3.8, 4) is 6.07 Å². The fourth-order valence-corrected chi connectivity index (χ4v) is 1.77. The van der Waals surface area contributed by atoms with Crippen molar-refractivity contribution < 1.29 is 0 Å². The maximum atomic E-state index is 11.8. The van der Waals surface area contributed by atoms with Gasteiger partial charge >= 0.3 is 0 Å². The molecular weight excluding hydrogens is 273 g/mol. The van der Waals surface area contributed by atoms with Gasteiger partial charge in [0.05, 0.1) is 24.5 Å². The Balaban J connectivity index is 2.38. The highest BCUT2D eigenvalue weighted by Crippen LogP contribution is 2.13. The Morgan fingerprint density at radius 3 is 2.89 bits per heavy atom. The van der Waals surface area contributed by atoms with Gasteiger partial charge in [-0.3, -0.25) is 9.36 Å². The minimum Gasteiger partial charge on any atom is -0.293 e. The molecule has 1 aromatic carbocycles. The van der Waals surface area contributed by atoms with Gasteiger partial charge in [-0.1, -0.05) is 35.3 Å². The molecule has 2 aromatic rings. The zero-order valence-corrected chi connectivity index (χ0v) is 10.6. The topological polar surface area (TPSA) is 58.7 Å². The van der Waals surface area contributed by atoms with Gasteiger partial charge in [0.1, 0.15) is 5.02 Å². The van der Waals surface area contributed by atoms with E-state index in [0.29, 0.717) is 5.56 Å². The van der Waals surface area contributed by atoms with Gasteiger partial charge in [0.15, 0.2) is 5.15 Å². The summed E-state index contributed by atoms with van der Waals surface area (Å²) in [7, 11) is 0. The van der Waals surface area contributed by atoms with Gasteiger partial charge in [0.2, 0.25) is 0 Å². The van der Waals surface area contributed by atoms with Gasteiger partial charge in [0, 0.05) is 0 Å². The summed E-state index contributed by atoms with van der Waals surface area (Å²) in [5.74, 6) is 0. The first-order valence-corrected chi connectivity index (χ1v) is 5.77. The summed E-state index contributed by atoms with van der Waals surface area (Å²) >= 11 is 11.4. The van der Waals surface area contributed by atoms with E-state index in [-0.39, 0.29) is 16.7 Å². The minimum absolute atomic E-state index is 0.0105. The molecule has 90 valence electrons. The van der Waals surface area contributed by atoms with E-state index in [2.05, 4.69) is 4.98 Å². The Bertz CT molecular complexity index is 688. The van der Waals surface area contributed by atoms with E-state index < -0.39 is 5.56 Å². The van der Waals surface area contributed by atoms with Crippen LogP contribution in [-0.2, 0) is 6.54 Å². The van der Waals surface area contributed by atoms with Crippen molar-refractivity contribution in [1.29, 1.82) is 5.26 Å². The molecular formula is C12H7Cl2N3O. The molecule has 0 atom stereocenters. The molecule has 0 unspecified atom stereocenters. The van der Waals surface area contributed by atoms with Crippen LogP contribution < -0.4 is 5.56 Å². The standard InChI is InChI=1S/C12H7Cl2N3O/c13-10-11(14)16-7-17(12(10)18)6-9-3-1-2-8(4-9)5-15/h1-4,7H,6H2. The molecule has 0 bridgehead atoms. The number of nitriles is 1. The number of hydrogen-bond donors (Lipinski definition) is 0. The molecule has 0 spiro atoms. The van der Waals surface area contributed by atoms with Crippen molar-refractivity contribution in [1.82, 2.24) is 9.55 Å². The van der Waals surface area contributed by atoms with Crippen molar-refractivity contribution in [3.63, 3.8) is 0 Å². The molecule has 6 heteroatoms. The molecule has 0 N–H and O–H groups in total. The number of halogens is 2. The Morgan fingerprint density at radius 2 is 2.17 bits per heavy atom. The third-order valence-corrected chi connectivity index (χ3v) is 3.07. The second-order valence-electron chi connectivity index (χ2n) is 3.59. The van der Waals surface area contributed by atoms with Crippen LogP contribution in [0.2, 0.25) is 10.2 Å². The first-order chi connectivity index (χ1) is 8.61. The average molecular weight is 280 g/mol. The lowest BCUT2D eigenvalue weighted by Crippen LogP contribution is -2.21. The smallest absolute Gasteiger partial charge is 0.273 e. The fraction of sp³-hybridized carbons (Fsp3) is 0.0833. The Kier molecular flexibility index (Phi) is 3.66. The zero-order chi connectivity index (χ0) is 13.1. The first kappa shape index (κ1) is 12.6. The third kappa shape index (κ3) is 2.53. The predicted octanol–water partition coefficient (Wildman–Crippen LogP) is 2.47. The first-order valence-electron chi connectivity index (χ1n) is 5.01. The molecule has 1 heterocycles. The van der Waals surface area contributed by atoms with Crippen LogP contribution in [0.25, 0.3) is 0 Å². The van der Waals surface area contributed by atoms with Crippen LogP contribution in [0, 0.1) is 11.3 Å². The number of benzene rings is 1. The Labute approximate surface area is 113 Å². The van der Waals surface area contributed by atoms with E-state index in [0.717, 1.165) is 5.56 Å². The van der Waals surface area contributed by atoms with Crippen molar-refractivity contribution in [2.45, 2.75) is 6.54 Å². The summed E-state index contributed by atoms with van der Waals surface area (Å²) in [6, 6.07) is 9.00. The zero-order valence-electron chi connectivity index (χ0n) is 9.10. The van der Waals surface area contributed by atoms with Crippen LogP contribution >= 0.6 is 23.2 Å².